The lowest BCUT2D eigenvalue weighted by Crippen LogP contribution is -2.32. The van der Waals surface area contributed by atoms with Gasteiger partial charge in [0.2, 0.25) is 5.91 Å². The van der Waals surface area contributed by atoms with Crippen LogP contribution in [0, 0.1) is 0 Å². The van der Waals surface area contributed by atoms with Gasteiger partial charge in [-0.2, -0.15) is 0 Å². The van der Waals surface area contributed by atoms with Crippen molar-refractivity contribution in [3.63, 3.8) is 0 Å². The SMILES string of the molecule is COc1ccc(CCNC(=O)[C@H](C)Sc2ccc(OC)c(OC)c2)cc1. The van der Waals surface area contributed by atoms with Crippen LogP contribution in [-0.2, 0) is 11.2 Å². The topological polar surface area (TPSA) is 56.8 Å². The molecule has 1 amide bonds. The first-order chi connectivity index (χ1) is 12.6. The van der Waals surface area contributed by atoms with E-state index in [9.17, 15) is 4.79 Å². The molecular weight excluding hydrogens is 350 g/mol. The summed E-state index contributed by atoms with van der Waals surface area (Å²) in [5.74, 6) is 2.18. The molecule has 26 heavy (non-hydrogen) atoms. The van der Waals surface area contributed by atoms with Crippen molar-refractivity contribution in [1.29, 1.82) is 0 Å². The Hall–Kier alpha value is -2.34. The number of nitrogens with one attached hydrogen (secondary N) is 1. The zero-order chi connectivity index (χ0) is 18.9. The standard InChI is InChI=1S/C20H25NO4S/c1-14(26-17-9-10-18(24-3)19(13-17)25-4)20(22)21-12-11-15-5-7-16(23-2)8-6-15/h5-10,13-14H,11-12H2,1-4H3,(H,21,22)/t14-/m0/s1. The van der Waals surface area contributed by atoms with Gasteiger partial charge >= 0.3 is 0 Å². The Morgan fingerprint density at radius 3 is 2.31 bits per heavy atom. The molecule has 0 radical (unpaired) electrons. The highest BCUT2D eigenvalue weighted by atomic mass is 32.2. The highest BCUT2D eigenvalue weighted by Crippen LogP contribution is 2.33. The smallest absolute Gasteiger partial charge is 0.233 e. The number of hydrogen-bond donors (Lipinski definition) is 1. The van der Waals surface area contributed by atoms with Crippen LogP contribution in [0.15, 0.2) is 47.4 Å². The van der Waals surface area contributed by atoms with Gasteiger partial charge in [0.15, 0.2) is 11.5 Å². The average molecular weight is 375 g/mol. The van der Waals surface area contributed by atoms with E-state index in [0.29, 0.717) is 18.0 Å². The summed E-state index contributed by atoms with van der Waals surface area (Å²) < 4.78 is 15.7. The van der Waals surface area contributed by atoms with Crippen molar-refractivity contribution in [2.24, 2.45) is 0 Å². The van der Waals surface area contributed by atoms with Gasteiger partial charge in [-0.25, -0.2) is 0 Å². The number of carbonyl (C=O) groups is 1. The van der Waals surface area contributed by atoms with E-state index >= 15 is 0 Å². The van der Waals surface area contributed by atoms with Gasteiger partial charge in [0, 0.05) is 11.4 Å². The molecule has 1 atom stereocenters. The number of amides is 1. The third kappa shape index (κ3) is 5.59. The molecule has 0 aliphatic rings. The van der Waals surface area contributed by atoms with Crippen molar-refractivity contribution in [2.75, 3.05) is 27.9 Å². The fraction of sp³-hybridized carbons (Fsp3) is 0.350. The Balaban J connectivity index is 1.83. The molecular formula is C20H25NO4S. The Labute approximate surface area is 159 Å². The molecule has 140 valence electrons. The highest BCUT2D eigenvalue weighted by Gasteiger charge is 2.15. The van der Waals surface area contributed by atoms with Crippen LogP contribution in [0.5, 0.6) is 17.2 Å². The quantitative estimate of drug-likeness (QED) is 0.679. The van der Waals surface area contributed by atoms with Gasteiger partial charge in [-0.05, 0) is 49.2 Å². The van der Waals surface area contributed by atoms with Crippen LogP contribution in [0.3, 0.4) is 0 Å². The minimum atomic E-state index is -0.205. The van der Waals surface area contributed by atoms with E-state index in [1.54, 1.807) is 21.3 Å². The summed E-state index contributed by atoms with van der Waals surface area (Å²) in [6.45, 7) is 2.49. The molecule has 0 saturated heterocycles. The highest BCUT2D eigenvalue weighted by molar-refractivity contribution is 8.00. The molecule has 0 aliphatic carbocycles. The van der Waals surface area contributed by atoms with E-state index < -0.39 is 0 Å². The molecule has 0 unspecified atom stereocenters. The van der Waals surface area contributed by atoms with E-state index in [-0.39, 0.29) is 11.2 Å². The maximum Gasteiger partial charge on any atom is 0.233 e. The summed E-state index contributed by atoms with van der Waals surface area (Å²) >= 11 is 1.49. The summed E-state index contributed by atoms with van der Waals surface area (Å²) in [7, 11) is 4.85. The van der Waals surface area contributed by atoms with Gasteiger partial charge in [0.1, 0.15) is 5.75 Å². The predicted octanol–water partition coefficient (Wildman–Crippen LogP) is 3.55. The Bertz CT molecular complexity index is 718. The Kier molecular flexibility index (Phi) is 7.66. The molecule has 0 aliphatic heterocycles. The number of benzene rings is 2. The van der Waals surface area contributed by atoms with Gasteiger partial charge in [-0.15, -0.1) is 11.8 Å². The lowest BCUT2D eigenvalue weighted by molar-refractivity contribution is -0.120. The molecule has 0 bridgehead atoms. The van der Waals surface area contributed by atoms with Crippen LogP contribution < -0.4 is 19.5 Å². The number of carbonyl (C=O) groups excluding carboxylic acids is 1. The summed E-state index contributed by atoms with van der Waals surface area (Å²) in [5, 5.41) is 2.78. The normalized spacial score (nSPS) is 11.5. The van der Waals surface area contributed by atoms with Gasteiger partial charge in [0.25, 0.3) is 0 Å². The molecule has 0 aromatic heterocycles. The van der Waals surface area contributed by atoms with E-state index in [0.717, 1.165) is 22.6 Å². The number of methoxy groups -OCH3 is 3. The van der Waals surface area contributed by atoms with Gasteiger partial charge < -0.3 is 19.5 Å². The first kappa shape index (κ1) is 20.0. The van der Waals surface area contributed by atoms with Gasteiger partial charge in [-0.3, -0.25) is 4.79 Å². The van der Waals surface area contributed by atoms with E-state index in [1.807, 2.05) is 49.4 Å². The van der Waals surface area contributed by atoms with Crippen molar-refractivity contribution < 1.29 is 19.0 Å². The third-order valence-corrected chi connectivity index (χ3v) is 5.00. The summed E-state index contributed by atoms with van der Waals surface area (Å²) in [6.07, 6.45) is 0.781. The molecule has 2 aromatic carbocycles. The first-order valence-corrected chi connectivity index (χ1v) is 9.24. The molecule has 2 aromatic rings. The fourth-order valence-corrected chi connectivity index (χ4v) is 3.33. The van der Waals surface area contributed by atoms with Crippen molar-refractivity contribution in [2.45, 2.75) is 23.5 Å². The van der Waals surface area contributed by atoms with Crippen molar-refractivity contribution in [3.8, 4) is 17.2 Å². The number of rotatable bonds is 9. The molecule has 0 fully saturated rings. The van der Waals surface area contributed by atoms with Crippen LogP contribution in [0.25, 0.3) is 0 Å². The lowest BCUT2D eigenvalue weighted by Gasteiger charge is -2.14. The third-order valence-electron chi connectivity index (χ3n) is 3.91. The molecule has 6 heteroatoms. The second-order valence-corrected chi connectivity index (χ2v) is 7.08. The van der Waals surface area contributed by atoms with E-state index in [4.69, 9.17) is 14.2 Å². The summed E-state index contributed by atoms with van der Waals surface area (Å²) in [5.41, 5.74) is 1.16. The van der Waals surface area contributed by atoms with Gasteiger partial charge in [0.05, 0.1) is 26.6 Å². The van der Waals surface area contributed by atoms with Crippen LogP contribution in [0.4, 0.5) is 0 Å². The van der Waals surface area contributed by atoms with Gasteiger partial charge in [-0.1, -0.05) is 12.1 Å². The molecule has 5 nitrogen and oxygen atoms in total. The molecule has 0 saturated carbocycles. The van der Waals surface area contributed by atoms with Crippen LogP contribution in [0.2, 0.25) is 0 Å². The molecule has 2 rings (SSSR count). The Morgan fingerprint density at radius 1 is 1.00 bits per heavy atom. The maximum absolute atomic E-state index is 12.3. The Morgan fingerprint density at radius 2 is 1.69 bits per heavy atom. The predicted molar refractivity (Wildman–Crippen MR) is 105 cm³/mol. The lowest BCUT2D eigenvalue weighted by atomic mass is 10.1. The molecule has 1 N–H and O–H groups in total. The number of hydrogen-bond acceptors (Lipinski definition) is 5. The number of thioether (sulfide) groups is 1. The maximum atomic E-state index is 12.3. The van der Waals surface area contributed by atoms with Crippen LogP contribution in [0.1, 0.15) is 12.5 Å². The zero-order valence-electron chi connectivity index (χ0n) is 15.6. The van der Waals surface area contributed by atoms with E-state index in [2.05, 4.69) is 5.32 Å². The fourth-order valence-electron chi connectivity index (χ4n) is 2.41. The summed E-state index contributed by atoms with van der Waals surface area (Å²) in [6, 6.07) is 13.5. The van der Waals surface area contributed by atoms with Crippen LogP contribution in [-0.4, -0.2) is 39.0 Å². The monoisotopic (exact) mass is 375 g/mol. The minimum absolute atomic E-state index is 0.0123. The largest absolute Gasteiger partial charge is 0.497 e. The summed E-state index contributed by atoms with van der Waals surface area (Å²) in [4.78, 5) is 13.3. The second kappa shape index (κ2) is 9.97. The molecule has 0 spiro atoms. The first-order valence-electron chi connectivity index (χ1n) is 8.36. The number of ether oxygens (including phenoxy) is 3. The minimum Gasteiger partial charge on any atom is -0.497 e. The van der Waals surface area contributed by atoms with Crippen molar-refractivity contribution >= 4 is 17.7 Å². The zero-order valence-corrected chi connectivity index (χ0v) is 16.4. The molecule has 0 heterocycles. The van der Waals surface area contributed by atoms with Crippen molar-refractivity contribution in [3.05, 3.63) is 48.0 Å². The second-order valence-electron chi connectivity index (χ2n) is 5.67. The van der Waals surface area contributed by atoms with E-state index in [1.165, 1.54) is 11.8 Å². The average Bonchev–Trinajstić information content (AvgIpc) is 2.68. The van der Waals surface area contributed by atoms with Crippen molar-refractivity contribution in [1.82, 2.24) is 5.32 Å². The van der Waals surface area contributed by atoms with Crippen LogP contribution >= 0.6 is 11.8 Å².